The van der Waals surface area contributed by atoms with Crippen LogP contribution in [0, 0.1) is 5.82 Å². The van der Waals surface area contributed by atoms with E-state index in [1.807, 2.05) is 42.5 Å². The van der Waals surface area contributed by atoms with Crippen LogP contribution in [0.1, 0.15) is 16.7 Å². The number of nitrogens with zero attached hydrogens (tertiary/aromatic N) is 2. The zero-order chi connectivity index (χ0) is 36.2. The number of carbonyl (C=O) groups excluding carboxylic acids is 2. The Morgan fingerprint density at radius 2 is 1.53 bits per heavy atom. The monoisotopic (exact) mass is 719 g/mol. The summed E-state index contributed by atoms with van der Waals surface area (Å²) in [4.78, 5) is 29.5. The number of amides is 2. The summed E-state index contributed by atoms with van der Waals surface area (Å²) in [6.45, 7) is 1.07. The maximum absolute atomic E-state index is 14.0. The minimum atomic E-state index is -3.70. The number of methoxy groups -OCH3 is 2. The van der Waals surface area contributed by atoms with Crippen LogP contribution in [-0.4, -0.2) is 89.2 Å². The molecule has 1 saturated heterocycles. The average Bonchev–Trinajstić information content (AvgIpc) is 3.16. The summed E-state index contributed by atoms with van der Waals surface area (Å²) in [6.07, 6.45) is 0.709. The first-order valence-corrected chi connectivity index (χ1v) is 18.0. The second-order valence-electron chi connectivity index (χ2n) is 11.9. The van der Waals surface area contributed by atoms with Crippen LogP contribution in [-0.2, 0) is 43.7 Å². The van der Waals surface area contributed by atoms with Gasteiger partial charge in [0.1, 0.15) is 17.6 Å². The molecule has 0 bridgehead atoms. The van der Waals surface area contributed by atoms with Gasteiger partial charge in [0.25, 0.3) is 5.91 Å². The number of rotatable bonds is 16. The highest BCUT2D eigenvalue weighted by atomic mass is 32.2. The van der Waals surface area contributed by atoms with Crippen molar-refractivity contribution >= 4 is 21.8 Å². The molecule has 270 valence electrons. The number of sulfonamides is 1. The molecule has 0 saturated carbocycles. The van der Waals surface area contributed by atoms with Crippen LogP contribution in [0.2, 0.25) is 0 Å². The lowest BCUT2D eigenvalue weighted by Crippen LogP contribution is -2.52. The Labute approximate surface area is 297 Å². The Balaban J connectivity index is 1.34. The summed E-state index contributed by atoms with van der Waals surface area (Å²) in [5.74, 6) is 0.178. The zero-order valence-corrected chi connectivity index (χ0v) is 29.4. The zero-order valence-electron chi connectivity index (χ0n) is 28.6. The number of nitrogens with one attached hydrogen (secondary N) is 1. The van der Waals surface area contributed by atoms with E-state index >= 15 is 0 Å². The molecule has 1 aliphatic heterocycles. The molecule has 4 aromatic rings. The molecular formula is C38H42FN3O8S. The normalized spacial score (nSPS) is 13.9. The van der Waals surface area contributed by atoms with E-state index in [2.05, 4.69) is 5.32 Å². The molecule has 0 aliphatic carbocycles. The summed E-state index contributed by atoms with van der Waals surface area (Å²) >= 11 is 0. The van der Waals surface area contributed by atoms with Gasteiger partial charge in [0.05, 0.1) is 32.3 Å². The first-order chi connectivity index (χ1) is 24.7. The molecule has 5 rings (SSSR count). The molecule has 1 unspecified atom stereocenters. The highest BCUT2D eigenvalue weighted by Gasteiger charge is 2.31. The lowest BCUT2D eigenvalue weighted by Gasteiger charge is -2.31. The molecule has 1 heterocycles. The van der Waals surface area contributed by atoms with Gasteiger partial charge in [0, 0.05) is 32.6 Å². The fourth-order valence-corrected chi connectivity index (χ4v) is 7.10. The number of hydrogen-bond donors (Lipinski definition) is 1. The van der Waals surface area contributed by atoms with Crippen molar-refractivity contribution in [3.8, 4) is 17.2 Å². The van der Waals surface area contributed by atoms with Crippen LogP contribution in [0.3, 0.4) is 0 Å². The standard InChI is InChI=1S/C38H42FN3O8S/c1-47-35-17-10-29(25-36(35)48-2)18-19-40-38(44)34(24-28-6-4-3-5-7-28)42(26-30-8-11-31(39)12-9-30)37(43)27-50-32-13-15-33(16-14-32)51(45,46)41-20-22-49-23-21-41/h3-17,25,34H,18-24,26-27H2,1-2H3,(H,40,44). The Morgan fingerprint density at radius 1 is 0.863 bits per heavy atom. The molecular weight excluding hydrogens is 677 g/mol. The van der Waals surface area contributed by atoms with Gasteiger partial charge < -0.3 is 29.2 Å². The number of carbonyl (C=O) groups is 2. The molecule has 0 aromatic heterocycles. The summed E-state index contributed by atoms with van der Waals surface area (Å²) in [5.41, 5.74) is 2.38. The number of halogens is 1. The summed E-state index contributed by atoms with van der Waals surface area (Å²) in [7, 11) is -0.589. The van der Waals surface area contributed by atoms with Crippen molar-refractivity contribution in [2.75, 3.05) is 53.7 Å². The van der Waals surface area contributed by atoms with Gasteiger partial charge in [-0.1, -0.05) is 48.5 Å². The van der Waals surface area contributed by atoms with Gasteiger partial charge in [-0.2, -0.15) is 4.31 Å². The minimum absolute atomic E-state index is 0.0137. The molecule has 4 aromatic carbocycles. The Hall–Kier alpha value is -4.98. The first kappa shape index (κ1) is 37.3. The molecule has 1 N–H and O–H groups in total. The van der Waals surface area contributed by atoms with E-state index in [0.29, 0.717) is 36.7 Å². The van der Waals surface area contributed by atoms with Crippen molar-refractivity contribution in [1.82, 2.24) is 14.5 Å². The van der Waals surface area contributed by atoms with Crippen LogP contribution < -0.4 is 19.5 Å². The van der Waals surface area contributed by atoms with Crippen LogP contribution in [0.4, 0.5) is 4.39 Å². The molecule has 1 aliphatic rings. The number of hydrogen-bond acceptors (Lipinski definition) is 8. The molecule has 13 heteroatoms. The Morgan fingerprint density at radius 3 is 2.20 bits per heavy atom. The van der Waals surface area contributed by atoms with E-state index in [4.69, 9.17) is 18.9 Å². The average molecular weight is 720 g/mol. The first-order valence-electron chi connectivity index (χ1n) is 16.5. The number of morpholine rings is 1. The highest BCUT2D eigenvalue weighted by Crippen LogP contribution is 2.28. The Kier molecular flexibility index (Phi) is 13.0. The van der Waals surface area contributed by atoms with Crippen molar-refractivity contribution in [2.45, 2.75) is 30.3 Å². The van der Waals surface area contributed by atoms with E-state index < -0.39 is 34.4 Å². The lowest BCUT2D eigenvalue weighted by atomic mass is 10.0. The summed E-state index contributed by atoms with van der Waals surface area (Å²) in [5, 5.41) is 2.99. The van der Waals surface area contributed by atoms with Crippen LogP contribution in [0.5, 0.6) is 17.2 Å². The maximum atomic E-state index is 14.0. The molecule has 2 amide bonds. The third-order valence-corrected chi connectivity index (χ3v) is 10.4. The van der Waals surface area contributed by atoms with Gasteiger partial charge in [-0.3, -0.25) is 9.59 Å². The summed E-state index contributed by atoms with van der Waals surface area (Å²) in [6, 6.07) is 25.5. The summed E-state index contributed by atoms with van der Waals surface area (Å²) < 4.78 is 63.1. The van der Waals surface area contributed by atoms with Crippen molar-refractivity contribution in [3.63, 3.8) is 0 Å². The van der Waals surface area contributed by atoms with Gasteiger partial charge in [0.2, 0.25) is 15.9 Å². The SMILES string of the molecule is COc1ccc(CCNC(=O)C(Cc2ccccc2)N(Cc2ccc(F)cc2)C(=O)COc2ccc(S(=O)(=O)N3CCOCC3)cc2)cc1OC. The second-order valence-corrected chi connectivity index (χ2v) is 13.8. The molecule has 51 heavy (non-hydrogen) atoms. The fourth-order valence-electron chi connectivity index (χ4n) is 5.70. The smallest absolute Gasteiger partial charge is 0.261 e. The maximum Gasteiger partial charge on any atom is 0.261 e. The van der Waals surface area contributed by atoms with Crippen molar-refractivity contribution in [3.05, 3.63) is 120 Å². The predicted molar refractivity (Wildman–Crippen MR) is 189 cm³/mol. The Bertz CT molecular complexity index is 1850. The molecule has 0 radical (unpaired) electrons. The minimum Gasteiger partial charge on any atom is -0.493 e. The lowest BCUT2D eigenvalue weighted by molar-refractivity contribution is -0.142. The van der Waals surface area contributed by atoms with Crippen molar-refractivity contribution in [2.24, 2.45) is 0 Å². The van der Waals surface area contributed by atoms with E-state index in [0.717, 1.165) is 11.1 Å². The molecule has 1 fully saturated rings. The van der Waals surface area contributed by atoms with E-state index in [1.165, 1.54) is 45.6 Å². The molecule has 1 atom stereocenters. The van der Waals surface area contributed by atoms with E-state index in [9.17, 15) is 22.4 Å². The second kappa shape index (κ2) is 17.8. The third-order valence-electron chi connectivity index (χ3n) is 8.49. The number of ether oxygens (including phenoxy) is 4. The van der Waals surface area contributed by atoms with Crippen LogP contribution >= 0.6 is 0 Å². The highest BCUT2D eigenvalue weighted by molar-refractivity contribution is 7.89. The topological polar surface area (TPSA) is 124 Å². The van der Waals surface area contributed by atoms with Crippen molar-refractivity contribution < 1.29 is 41.3 Å². The van der Waals surface area contributed by atoms with E-state index in [-0.39, 0.29) is 49.2 Å². The van der Waals surface area contributed by atoms with Gasteiger partial charge in [-0.15, -0.1) is 0 Å². The predicted octanol–water partition coefficient (Wildman–Crippen LogP) is 4.24. The molecule has 11 nitrogen and oxygen atoms in total. The van der Waals surface area contributed by atoms with Crippen molar-refractivity contribution in [1.29, 1.82) is 0 Å². The van der Waals surface area contributed by atoms with Crippen LogP contribution in [0.15, 0.2) is 102 Å². The number of benzene rings is 4. The van der Waals surface area contributed by atoms with Gasteiger partial charge in [0.15, 0.2) is 18.1 Å². The quantitative estimate of drug-likeness (QED) is 0.183. The third kappa shape index (κ3) is 10.1. The van der Waals surface area contributed by atoms with Gasteiger partial charge in [-0.05, 0) is 71.6 Å². The van der Waals surface area contributed by atoms with Crippen LogP contribution in [0.25, 0.3) is 0 Å². The fraction of sp³-hybridized carbons (Fsp3) is 0.316. The van der Waals surface area contributed by atoms with Gasteiger partial charge in [-0.25, -0.2) is 12.8 Å². The van der Waals surface area contributed by atoms with E-state index in [1.54, 1.807) is 32.4 Å². The van der Waals surface area contributed by atoms with Gasteiger partial charge >= 0.3 is 0 Å². The largest absolute Gasteiger partial charge is 0.493 e. The molecule has 0 spiro atoms.